The predicted molar refractivity (Wildman–Crippen MR) is 65.3 cm³/mol. The number of aromatic nitrogens is 1. The second-order valence-corrected chi connectivity index (χ2v) is 4.05. The standard InChI is InChI=1S/C13H11NO4/c15-4-3-9-7-8-1-2-10-12(18-6-5-17-10)11(8)14-13(9)16/h1-2,4,7H,3,5-6H2,(H,14,16). The summed E-state index contributed by atoms with van der Waals surface area (Å²) in [5.41, 5.74) is 0.804. The van der Waals surface area contributed by atoms with Crippen LogP contribution in [0.25, 0.3) is 10.9 Å². The lowest BCUT2D eigenvalue weighted by Crippen LogP contribution is -2.18. The molecule has 2 heterocycles. The van der Waals surface area contributed by atoms with E-state index in [0.29, 0.717) is 42.1 Å². The van der Waals surface area contributed by atoms with Crippen molar-refractivity contribution in [3.8, 4) is 11.5 Å². The Hall–Kier alpha value is -2.30. The molecule has 1 aliphatic rings. The Morgan fingerprint density at radius 2 is 2.11 bits per heavy atom. The Morgan fingerprint density at radius 1 is 1.28 bits per heavy atom. The van der Waals surface area contributed by atoms with Crippen LogP contribution in [0.4, 0.5) is 0 Å². The van der Waals surface area contributed by atoms with Gasteiger partial charge in [0.2, 0.25) is 0 Å². The Kier molecular flexibility index (Phi) is 2.51. The van der Waals surface area contributed by atoms with Crippen molar-refractivity contribution in [2.45, 2.75) is 6.42 Å². The molecule has 5 nitrogen and oxygen atoms in total. The average molecular weight is 245 g/mol. The Labute approximate surface area is 102 Å². The van der Waals surface area contributed by atoms with Crippen LogP contribution in [0.5, 0.6) is 11.5 Å². The highest BCUT2D eigenvalue weighted by molar-refractivity contribution is 5.88. The van der Waals surface area contributed by atoms with Gasteiger partial charge in [0.1, 0.15) is 19.5 Å². The van der Waals surface area contributed by atoms with Gasteiger partial charge in [0, 0.05) is 17.4 Å². The number of carbonyl (C=O) groups excluding carboxylic acids is 1. The third kappa shape index (κ3) is 1.64. The molecule has 0 fully saturated rings. The molecule has 0 aliphatic carbocycles. The molecule has 0 spiro atoms. The first-order valence-corrected chi connectivity index (χ1v) is 5.68. The molecule has 2 aromatic rings. The van der Waals surface area contributed by atoms with Crippen LogP contribution in [-0.2, 0) is 11.2 Å². The lowest BCUT2D eigenvalue weighted by atomic mass is 10.1. The van der Waals surface area contributed by atoms with Crippen molar-refractivity contribution < 1.29 is 14.3 Å². The monoisotopic (exact) mass is 245 g/mol. The summed E-state index contributed by atoms with van der Waals surface area (Å²) in [6.45, 7) is 0.968. The quantitative estimate of drug-likeness (QED) is 0.803. The maximum Gasteiger partial charge on any atom is 0.252 e. The van der Waals surface area contributed by atoms with Gasteiger partial charge in [0.05, 0.1) is 5.52 Å². The number of H-pyrrole nitrogens is 1. The molecule has 0 radical (unpaired) electrons. The first-order valence-electron chi connectivity index (χ1n) is 5.68. The van der Waals surface area contributed by atoms with Gasteiger partial charge in [-0.05, 0) is 18.2 Å². The Morgan fingerprint density at radius 3 is 2.94 bits per heavy atom. The van der Waals surface area contributed by atoms with E-state index in [0.717, 1.165) is 5.39 Å². The number of carbonyl (C=O) groups is 1. The van der Waals surface area contributed by atoms with E-state index >= 15 is 0 Å². The summed E-state index contributed by atoms with van der Waals surface area (Å²) in [6, 6.07) is 5.35. The fourth-order valence-corrected chi connectivity index (χ4v) is 2.07. The van der Waals surface area contributed by atoms with E-state index in [-0.39, 0.29) is 12.0 Å². The third-order valence-corrected chi connectivity index (χ3v) is 2.90. The second kappa shape index (κ2) is 4.18. The van der Waals surface area contributed by atoms with E-state index in [4.69, 9.17) is 9.47 Å². The van der Waals surface area contributed by atoms with Gasteiger partial charge in [0.15, 0.2) is 11.5 Å². The molecule has 1 N–H and O–H groups in total. The molecule has 0 unspecified atom stereocenters. The van der Waals surface area contributed by atoms with Crippen LogP contribution < -0.4 is 15.0 Å². The summed E-state index contributed by atoms with van der Waals surface area (Å²) in [5.74, 6) is 1.20. The number of aromatic amines is 1. The molecule has 0 bridgehead atoms. The van der Waals surface area contributed by atoms with Crippen molar-refractivity contribution in [3.63, 3.8) is 0 Å². The number of aldehydes is 1. The summed E-state index contributed by atoms with van der Waals surface area (Å²) in [4.78, 5) is 25.0. The van der Waals surface area contributed by atoms with E-state index in [1.165, 1.54) is 0 Å². The molecule has 1 aromatic carbocycles. The lowest BCUT2D eigenvalue weighted by Gasteiger charge is -2.19. The summed E-state index contributed by atoms with van der Waals surface area (Å²) >= 11 is 0. The van der Waals surface area contributed by atoms with Crippen molar-refractivity contribution in [1.29, 1.82) is 0 Å². The topological polar surface area (TPSA) is 68.4 Å². The molecule has 3 rings (SSSR count). The second-order valence-electron chi connectivity index (χ2n) is 4.05. The summed E-state index contributed by atoms with van der Waals surface area (Å²) in [6.07, 6.45) is 0.828. The molecule has 18 heavy (non-hydrogen) atoms. The fraction of sp³-hybridized carbons (Fsp3) is 0.231. The zero-order chi connectivity index (χ0) is 12.5. The SMILES string of the molecule is O=CCc1cc2ccc3c(c2[nH]c1=O)OCCO3. The Balaban J connectivity index is 2.26. The highest BCUT2D eigenvalue weighted by Gasteiger charge is 2.16. The van der Waals surface area contributed by atoms with Crippen LogP contribution in [0.15, 0.2) is 23.0 Å². The van der Waals surface area contributed by atoms with Crippen LogP contribution in [0.3, 0.4) is 0 Å². The smallest absolute Gasteiger partial charge is 0.252 e. The number of rotatable bonds is 2. The van der Waals surface area contributed by atoms with Crippen LogP contribution >= 0.6 is 0 Å². The van der Waals surface area contributed by atoms with Gasteiger partial charge < -0.3 is 19.3 Å². The van der Waals surface area contributed by atoms with Gasteiger partial charge in [-0.2, -0.15) is 0 Å². The van der Waals surface area contributed by atoms with E-state index in [9.17, 15) is 9.59 Å². The zero-order valence-corrected chi connectivity index (χ0v) is 9.56. The van der Waals surface area contributed by atoms with Gasteiger partial charge in [-0.1, -0.05) is 0 Å². The van der Waals surface area contributed by atoms with Gasteiger partial charge in [-0.25, -0.2) is 0 Å². The van der Waals surface area contributed by atoms with E-state index in [1.54, 1.807) is 12.1 Å². The predicted octanol–water partition coefficient (Wildman–Crippen LogP) is 1.04. The van der Waals surface area contributed by atoms with E-state index < -0.39 is 0 Å². The number of hydrogen-bond acceptors (Lipinski definition) is 4. The minimum Gasteiger partial charge on any atom is -0.486 e. The fourth-order valence-electron chi connectivity index (χ4n) is 2.07. The molecule has 0 saturated carbocycles. The minimum absolute atomic E-state index is 0.111. The van der Waals surface area contributed by atoms with Crippen molar-refractivity contribution in [2.24, 2.45) is 0 Å². The van der Waals surface area contributed by atoms with Crippen molar-refractivity contribution in [3.05, 3.63) is 34.1 Å². The van der Waals surface area contributed by atoms with Crippen LogP contribution in [-0.4, -0.2) is 24.5 Å². The molecule has 0 saturated heterocycles. The van der Waals surface area contributed by atoms with Crippen LogP contribution in [0.2, 0.25) is 0 Å². The van der Waals surface area contributed by atoms with Gasteiger partial charge in [-0.15, -0.1) is 0 Å². The summed E-state index contributed by atoms with van der Waals surface area (Å²) < 4.78 is 11.0. The molecule has 5 heteroatoms. The molecule has 1 aliphatic heterocycles. The highest BCUT2D eigenvalue weighted by atomic mass is 16.6. The lowest BCUT2D eigenvalue weighted by molar-refractivity contribution is -0.107. The Bertz CT molecular complexity index is 674. The van der Waals surface area contributed by atoms with Gasteiger partial charge >= 0.3 is 0 Å². The number of hydrogen-bond donors (Lipinski definition) is 1. The summed E-state index contributed by atoms with van der Waals surface area (Å²) in [5, 5.41) is 0.829. The first-order chi connectivity index (χ1) is 8.79. The molecular weight excluding hydrogens is 234 g/mol. The highest BCUT2D eigenvalue weighted by Crippen LogP contribution is 2.35. The molecule has 1 aromatic heterocycles. The normalized spacial score (nSPS) is 13.6. The van der Waals surface area contributed by atoms with Crippen molar-refractivity contribution >= 4 is 17.2 Å². The number of fused-ring (bicyclic) bond motifs is 3. The number of ether oxygens (including phenoxy) is 2. The van der Waals surface area contributed by atoms with Gasteiger partial charge in [-0.3, -0.25) is 4.79 Å². The molecule has 0 atom stereocenters. The number of pyridine rings is 1. The minimum atomic E-state index is -0.267. The largest absolute Gasteiger partial charge is 0.486 e. The first kappa shape index (κ1) is 10.8. The average Bonchev–Trinajstić information content (AvgIpc) is 2.40. The molecule has 92 valence electrons. The van der Waals surface area contributed by atoms with E-state index in [2.05, 4.69) is 4.98 Å². The summed E-state index contributed by atoms with van der Waals surface area (Å²) in [7, 11) is 0. The zero-order valence-electron chi connectivity index (χ0n) is 9.56. The maximum absolute atomic E-state index is 11.8. The molecular formula is C13H11NO4. The number of nitrogens with one attached hydrogen (secondary N) is 1. The van der Waals surface area contributed by atoms with Crippen molar-refractivity contribution in [2.75, 3.05) is 13.2 Å². The van der Waals surface area contributed by atoms with Crippen LogP contribution in [0.1, 0.15) is 5.56 Å². The third-order valence-electron chi connectivity index (χ3n) is 2.90. The van der Waals surface area contributed by atoms with Gasteiger partial charge in [0.25, 0.3) is 5.56 Å². The molecule has 0 amide bonds. The van der Waals surface area contributed by atoms with E-state index in [1.807, 2.05) is 6.07 Å². The van der Waals surface area contributed by atoms with Crippen LogP contribution in [0, 0.1) is 0 Å². The number of benzene rings is 1. The van der Waals surface area contributed by atoms with Crippen molar-refractivity contribution in [1.82, 2.24) is 4.98 Å². The maximum atomic E-state index is 11.8.